The fraction of sp³-hybridized carbons (Fsp3) is 0.455. The molecule has 0 radical (unpaired) electrons. The molecule has 1 aliphatic rings. The smallest absolute Gasteiger partial charge is 0.0510 e. The molecule has 2 heteroatoms. The lowest BCUT2D eigenvalue weighted by molar-refractivity contribution is 0.472. The van der Waals surface area contributed by atoms with E-state index in [1.165, 1.54) is 16.8 Å². The second kappa shape index (κ2) is 3.38. The zero-order chi connectivity index (χ0) is 9.26. The van der Waals surface area contributed by atoms with Crippen LogP contribution in [0.25, 0.3) is 0 Å². The Labute approximate surface area is 79.4 Å². The Kier molecular flexibility index (Phi) is 2.23. The molecule has 1 aromatic carbocycles. The molecule has 1 fully saturated rings. The highest BCUT2D eigenvalue weighted by atomic mass is 15.1. The number of anilines is 1. The van der Waals surface area contributed by atoms with Crippen molar-refractivity contribution >= 4 is 5.69 Å². The van der Waals surface area contributed by atoms with Gasteiger partial charge in [0.05, 0.1) is 6.04 Å². The summed E-state index contributed by atoms with van der Waals surface area (Å²) in [6.07, 6.45) is 0. The molecule has 2 rings (SSSR count). The molecule has 70 valence electrons. The van der Waals surface area contributed by atoms with Crippen LogP contribution in [0.1, 0.15) is 11.1 Å². The lowest BCUT2D eigenvalue weighted by Crippen LogP contribution is -2.51. The Balaban J connectivity index is 2.13. The van der Waals surface area contributed by atoms with Crippen LogP contribution in [0.5, 0.6) is 0 Å². The van der Waals surface area contributed by atoms with Gasteiger partial charge in [0.1, 0.15) is 0 Å². The van der Waals surface area contributed by atoms with E-state index in [1.54, 1.807) is 0 Å². The van der Waals surface area contributed by atoms with Crippen LogP contribution in [0.15, 0.2) is 18.2 Å². The van der Waals surface area contributed by atoms with E-state index in [2.05, 4.69) is 42.7 Å². The van der Waals surface area contributed by atoms with Gasteiger partial charge < -0.3 is 10.6 Å². The summed E-state index contributed by atoms with van der Waals surface area (Å²) in [7, 11) is 0. The maximum absolute atomic E-state index is 3.52. The van der Waals surface area contributed by atoms with Crippen LogP contribution >= 0.6 is 0 Å². The molecule has 0 amide bonds. The van der Waals surface area contributed by atoms with E-state index < -0.39 is 0 Å². The van der Waals surface area contributed by atoms with E-state index in [9.17, 15) is 0 Å². The molecule has 0 spiro atoms. The predicted octanol–water partition coefficient (Wildman–Crippen LogP) is 1.69. The van der Waals surface area contributed by atoms with Crippen molar-refractivity contribution in [2.24, 2.45) is 0 Å². The molecule has 0 atom stereocenters. The first-order chi connectivity index (χ1) is 6.25. The van der Waals surface area contributed by atoms with Gasteiger partial charge in [0.15, 0.2) is 0 Å². The Morgan fingerprint density at radius 2 is 2.08 bits per heavy atom. The van der Waals surface area contributed by atoms with E-state index in [1.807, 2.05) is 0 Å². The van der Waals surface area contributed by atoms with Crippen molar-refractivity contribution in [2.45, 2.75) is 19.9 Å². The first-order valence-corrected chi connectivity index (χ1v) is 4.80. The van der Waals surface area contributed by atoms with Gasteiger partial charge in [-0.2, -0.15) is 0 Å². The van der Waals surface area contributed by atoms with Crippen molar-refractivity contribution < 1.29 is 0 Å². The quantitative estimate of drug-likeness (QED) is 0.716. The largest absolute Gasteiger partial charge is 0.380 e. The van der Waals surface area contributed by atoms with Crippen molar-refractivity contribution in [3.8, 4) is 0 Å². The molecule has 0 unspecified atom stereocenters. The maximum Gasteiger partial charge on any atom is 0.0510 e. The predicted molar refractivity (Wildman–Crippen MR) is 56.2 cm³/mol. The molecule has 2 N–H and O–H groups in total. The first-order valence-electron chi connectivity index (χ1n) is 4.80. The van der Waals surface area contributed by atoms with Crippen molar-refractivity contribution in [2.75, 3.05) is 18.4 Å². The SMILES string of the molecule is Cc1ccc(C)c(NC2CNC2)c1. The first kappa shape index (κ1) is 8.57. The van der Waals surface area contributed by atoms with Gasteiger partial charge >= 0.3 is 0 Å². The second-order valence-electron chi connectivity index (χ2n) is 3.82. The Morgan fingerprint density at radius 3 is 2.69 bits per heavy atom. The van der Waals surface area contributed by atoms with E-state index in [4.69, 9.17) is 0 Å². The van der Waals surface area contributed by atoms with Gasteiger partial charge in [-0.15, -0.1) is 0 Å². The molecular formula is C11H16N2. The van der Waals surface area contributed by atoms with Crippen LogP contribution in [-0.2, 0) is 0 Å². The fourth-order valence-corrected chi connectivity index (χ4v) is 1.50. The van der Waals surface area contributed by atoms with Crippen LogP contribution in [0, 0.1) is 13.8 Å². The van der Waals surface area contributed by atoms with Crippen LogP contribution in [0.4, 0.5) is 5.69 Å². The normalized spacial score (nSPS) is 16.8. The van der Waals surface area contributed by atoms with Gasteiger partial charge in [-0.3, -0.25) is 0 Å². The van der Waals surface area contributed by atoms with Gasteiger partial charge in [-0.05, 0) is 31.0 Å². The molecule has 0 bridgehead atoms. The highest BCUT2D eigenvalue weighted by Gasteiger charge is 2.16. The molecule has 0 aromatic heterocycles. The second-order valence-corrected chi connectivity index (χ2v) is 3.82. The maximum atomic E-state index is 3.52. The minimum Gasteiger partial charge on any atom is -0.380 e. The average molecular weight is 176 g/mol. The molecular weight excluding hydrogens is 160 g/mol. The van der Waals surface area contributed by atoms with E-state index in [-0.39, 0.29) is 0 Å². The van der Waals surface area contributed by atoms with Crippen LogP contribution in [0.2, 0.25) is 0 Å². The number of aryl methyl sites for hydroxylation is 2. The van der Waals surface area contributed by atoms with Gasteiger partial charge in [-0.1, -0.05) is 12.1 Å². The Bertz CT molecular complexity index is 303. The van der Waals surface area contributed by atoms with Crippen molar-refractivity contribution in [3.63, 3.8) is 0 Å². The number of benzene rings is 1. The third kappa shape index (κ3) is 1.83. The fourth-order valence-electron chi connectivity index (χ4n) is 1.50. The zero-order valence-electron chi connectivity index (χ0n) is 8.22. The highest BCUT2D eigenvalue weighted by molar-refractivity contribution is 5.53. The number of nitrogens with one attached hydrogen (secondary N) is 2. The van der Waals surface area contributed by atoms with Crippen molar-refractivity contribution in [1.82, 2.24) is 5.32 Å². The number of rotatable bonds is 2. The molecule has 1 saturated heterocycles. The van der Waals surface area contributed by atoms with E-state index in [0.717, 1.165) is 13.1 Å². The summed E-state index contributed by atoms with van der Waals surface area (Å²) >= 11 is 0. The summed E-state index contributed by atoms with van der Waals surface area (Å²) in [5.74, 6) is 0. The molecule has 0 aliphatic carbocycles. The summed E-state index contributed by atoms with van der Waals surface area (Å²) in [6, 6.07) is 7.16. The average Bonchev–Trinajstić information content (AvgIpc) is 2.03. The minimum absolute atomic E-state index is 0.625. The Hall–Kier alpha value is -1.02. The molecule has 1 aromatic rings. The summed E-state index contributed by atoms with van der Waals surface area (Å²) in [5, 5.41) is 6.78. The molecule has 13 heavy (non-hydrogen) atoms. The molecule has 2 nitrogen and oxygen atoms in total. The summed E-state index contributed by atoms with van der Waals surface area (Å²) < 4.78 is 0. The van der Waals surface area contributed by atoms with Gasteiger partial charge in [0, 0.05) is 18.8 Å². The van der Waals surface area contributed by atoms with Gasteiger partial charge in [0.2, 0.25) is 0 Å². The standard InChI is InChI=1S/C11H16N2/c1-8-3-4-9(2)11(5-8)13-10-6-12-7-10/h3-5,10,12-13H,6-7H2,1-2H3. The van der Waals surface area contributed by atoms with Gasteiger partial charge in [-0.25, -0.2) is 0 Å². The van der Waals surface area contributed by atoms with E-state index >= 15 is 0 Å². The van der Waals surface area contributed by atoms with E-state index in [0.29, 0.717) is 6.04 Å². The van der Waals surface area contributed by atoms with Crippen molar-refractivity contribution in [3.05, 3.63) is 29.3 Å². The minimum atomic E-state index is 0.625. The molecule has 1 heterocycles. The van der Waals surface area contributed by atoms with Crippen LogP contribution in [0.3, 0.4) is 0 Å². The third-order valence-electron chi connectivity index (χ3n) is 2.53. The van der Waals surface area contributed by atoms with Crippen LogP contribution < -0.4 is 10.6 Å². The van der Waals surface area contributed by atoms with Gasteiger partial charge in [0.25, 0.3) is 0 Å². The highest BCUT2D eigenvalue weighted by Crippen LogP contribution is 2.17. The summed E-state index contributed by atoms with van der Waals surface area (Å²) in [4.78, 5) is 0. The number of hydrogen-bond acceptors (Lipinski definition) is 2. The zero-order valence-corrected chi connectivity index (χ0v) is 8.22. The van der Waals surface area contributed by atoms with Crippen LogP contribution in [-0.4, -0.2) is 19.1 Å². The third-order valence-corrected chi connectivity index (χ3v) is 2.53. The summed E-state index contributed by atoms with van der Waals surface area (Å²) in [6.45, 7) is 6.46. The topological polar surface area (TPSA) is 24.1 Å². The lowest BCUT2D eigenvalue weighted by Gasteiger charge is -2.29. The van der Waals surface area contributed by atoms with Crippen molar-refractivity contribution in [1.29, 1.82) is 0 Å². The molecule has 1 aliphatic heterocycles. The lowest BCUT2D eigenvalue weighted by atomic mass is 10.1. The number of hydrogen-bond donors (Lipinski definition) is 2. The summed E-state index contributed by atoms with van der Waals surface area (Å²) in [5.41, 5.74) is 3.93. The Morgan fingerprint density at radius 1 is 1.31 bits per heavy atom. The molecule has 0 saturated carbocycles. The monoisotopic (exact) mass is 176 g/mol.